The number of aryl methyl sites for hydroxylation is 2. The van der Waals surface area contributed by atoms with Crippen LogP contribution >= 0.6 is 0 Å². The summed E-state index contributed by atoms with van der Waals surface area (Å²) in [6.45, 7) is 8.26. The van der Waals surface area contributed by atoms with E-state index in [4.69, 9.17) is 0 Å². The Morgan fingerprint density at radius 1 is 1.27 bits per heavy atom. The third-order valence-electron chi connectivity index (χ3n) is 3.73. The molecular weight excluding hydrogens is 278 g/mol. The zero-order chi connectivity index (χ0) is 16.3. The van der Waals surface area contributed by atoms with Gasteiger partial charge in [0, 0.05) is 18.2 Å². The molecule has 1 aromatic heterocycles. The Morgan fingerprint density at radius 2 is 2.00 bits per heavy atom. The zero-order valence-corrected chi connectivity index (χ0v) is 13.5. The van der Waals surface area contributed by atoms with Crippen molar-refractivity contribution in [3.63, 3.8) is 0 Å². The Hall–Kier alpha value is -2.30. The molecule has 0 radical (unpaired) electrons. The first-order valence-corrected chi connectivity index (χ1v) is 7.55. The van der Waals surface area contributed by atoms with Crippen LogP contribution in [0.25, 0.3) is 10.9 Å². The third-order valence-corrected chi connectivity index (χ3v) is 3.73. The fourth-order valence-corrected chi connectivity index (χ4v) is 2.38. The molecule has 22 heavy (non-hydrogen) atoms. The molecule has 118 valence electrons. The minimum Gasteiger partial charge on any atom is -0.338 e. The lowest BCUT2D eigenvalue weighted by atomic mass is 10.0. The lowest BCUT2D eigenvalue weighted by Crippen LogP contribution is -2.40. The topological polar surface area (TPSA) is 74.0 Å². The second-order valence-corrected chi connectivity index (χ2v) is 5.90. The van der Waals surface area contributed by atoms with Gasteiger partial charge in [-0.2, -0.15) is 0 Å². The van der Waals surface area contributed by atoms with Crippen LogP contribution in [-0.4, -0.2) is 23.6 Å². The Morgan fingerprint density at radius 3 is 2.68 bits per heavy atom. The molecule has 1 heterocycles. The largest absolute Gasteiger partial charge is 0.338 e. The Labute approximate surface area is 130 Å². The van der Waals surface area contributed by atoms with Gasteiger partial charge in [-0.05, 0) is 56.7 Å². The lowest BCUT2D eigenvalue weighted by Gasteiger charge is -2.10. The van der Waals surface area contributed by atoms with Gasteiger partial charge in [0.05, 0.1) is 5.52 Å². The maximum atomic E-state index is 12.2. The van der Waals surface area contributed by atoms with Gasteiger partial charge >= 0.3 is 6.03 Å². The molecule has 5 nitrogen and oxygen atoms in total. The van der Waals surface area contributed by atoms with Crippen molar-refractivity contribution < 1.29 is 4.79 Å². The molecule has 5 heteroatoms. The Kier molecular flexibility index (Phi) is 4.85. The van der Waals surface area contributed by atoms with Crippen LogP contribution in [0.4, 0.5) is 4.79 Å². The fourth-order valence-electron chi connectivity index (χ4n) is 2.38. The van der Waals surface area contributed by atoms with Gasteiger partial charge in [-0.25, -0.2) is 4.79 Å². The number of nitrogens with one attached hydrogen (secondary N) is 3. The fraction of sp³-hybridized carbons (Fsp3) is 0.412. The van der Waals surface area contributed by atoms with Gasteiger partial charge in [0.25, 0.3) is 5.56 Å². The number of H-pyrrole nitrogens is 1. The predicted octanol–water partition coefficient (Wildman–Crippen LogP) is 2.40. The van der Waals surface area contributed by atoms with Crippen LogP contribution in [0.2, 0.25) is 0 Å². The minimum absolute atomic E-state index is 0.0905. The number of carbonyl (C=O) groups excluding carboxylic acids is 1. The van der Waals surface area contributed by atoms with Crippen LogP contribution in [0.3, 0.4) is 0 Å². The van der Waals surface area contributed by atoms with Crippen molar-refractivity contribution in [3.8, 4) is 0 Å². The van der Waals surface area contributed by atoms with Crippen LogP contribution in [0.15, 0.2) is 23.0 Å². The summed E-state index contributed by atoms with van der Waals surface area (Å²) in [7, 11) is 0. The molecule has 0 aliphatic rings. The number of rotatable bonds is 4. The molecule has 0 fully saturated rings. The molecule has 2 amide bonds. The van der Waals surface area contributed by atoms with E-state index in [-0.39, 0.29) is 17.6 Å². The summed E-state index contributed by atoms with van der Waals surface area (Å²) in [5.74, 6) is 0. The molecule has 0 saturated heterocycles. The molecule has 0 unspecified atom stereocenters. The molecule has 0 spiro atoms. The van der Waals surface area contributed by atoms with Gasteiger partial charge in [0.2, 0.25) is 0 Å². The van der Waals surface area contributed by atoms with Gasteiger partial charge in [0.1, 0.15) is 0 Å². The van der Waals surface area contributed by atoms with Gasteiger partial charge in [-0.15, -0.1) is 0 Å². The monoisotopic (exact) mass is 301 g/mol. The van der Waals surface area contributed by atoms with E-state index in [2.05, 4.69) is 15.6 Å². The summed E-state index contributed by atoms with van der Waals surface area (Å²) in [5, 5.41) is 6.52. The number of amides is 2. The van der Waals surface area contributed by atoms with E-state index in [0.29, 0.717) is 18.5 Å². The third kappa shape index (κ3) is 3.67. The molecule has 2 aromatic rings. The maximum absolute atomic E-state index is 12.2. The van der Waals surface area contributed by atoms with Crippen LogP contribution in [0, 0.1) is 13.8 Å². The highest BCUT2D eigenvalue weighted by molar-refractivity contribution is 5.83. The minimum atomic E-state index is -0.210. The average molecular weight is 301 g/mol. The van der Waals surface area contributed by atoms with E-state index >= 15 is 0 Å². The van der Waals surface area contributed by atoms with Crippen molar-refractivity contribution in [3.05, 3.63) is 45.2 Å². The number of carbonyl (C=O) groups is 1. The summed E-state index contributed by atoms with van der Waals surface area (Å²) in [4.78, 5) is 26.6. The highest BCUT2D eigenvalue weighted by Gasteiger charge is 2.07. The molecule has 0 bridgehead atoms. The lowest BCUT2D eigenvalue weighted by molar-refractivity contribution is 0.238. The molecule has 0 saturated carbocycles. The normalized spacial score (nSPS) is 11.0. The molecule has 0 atom stereocenters. The Balaban J connectivity index is 2.12. The highest BCUT2D eigenvalue weighted by atomic mass is 16.2. The second-order valence-electron chi connectivity index (χ2n) is 5.90. The van der Waals surface area contributed by atoms with Gasteiger partial charge < -0.3 is 15.6 Å². The van der Waals surface area contributed by atoms with Crippen molar-refractivity contribution in [1.82, 2.24) is 15.6 Å². The summed E-state index contributed by atoms with van der Waals surface area (Å²) in [5.41, 5.74) is 3.73. The van der Waals surface area contributed by atoms with Crippen LogP contribution in [-0.2, 0) is 6.42 Å². The van der Waals surface area contributed by atoms with Gasteiger partial charge in [0.15, 0.2) is 0 Å². The number of hydrogen-bond donors (Lipinski definition) is 3. The molecule has 1 aromatic carbocycles. The van der Waals surface area contributed by atoms with Crippen LogP contribution < -0.4 is 16.2 Å². The van der Waals surface area contributed by atoms with E-state index in [0.717, 1.165) is 22.0 Å². The zero-order valence-electron chi connectivity index (χ0n) is 13.5. The first-order valence-electron chi connectivity index (χ1n) is 7.55. The van der Waals surface area contributed by atoms with E-state index < -0.39 is 0 Å². The molecule has 0 aliphatic heterocycles. The SMILES string of the molecule is Cc1ccc2cc(CCNC(=O)NC(C)C)c(=O)[nH]c2c1C. The Bertz CT molecular complexity index is 747. The summed E-state index contributed by atoms with van der Waals surface area (Å²) < 4.78 is 0. The van der Waals surface area contributed by atoms with Crippen molar-refractivity contribution in [2.24, 2.45) is 0 Å². The average Bonchev–Trinajstić information content (AvgIpc) is 2.44. The van der Waals surface area contributed by atoms with E-state index in [1.54, 1.807) is 0 Å². The molecule has 2 rings (SSSR count). The molecular formula is C17H23N3O2. The second kappa shape index (κ2) is 6.64. The number of urea groups is 1. The van der Waals surface area contributed by atoms with Crippen LogP contribution in [0.1, 0.15) is 30.5 Å². The number of hydrogen-bond acceptors (Lipinski definition) is 2. The smallest absolute Gasteiger partial charge is 0.314 e. The van der Waals surface area contributed by atoms with E-state index in [9.17, 15) is 9.59 Å². The van der Waals surface area contributed by atoms with Gasteiger partial charge in [-0.3, -0.25) is 4.79 Å². The van der Waals surface area contributed by atoms with Crippen molar-refractivity contribution in [1.29, 1.82) is 0 Å². The number of aromatic nitrogens is 1. The summed E-state index contributed by atoms with van der Waals surface area (Å²) in [6.07, 6.45) is 0.504. The molecule has 0 aliphatic carbocycles. The summed E-state index contributed by atoms with van der Waals surface area (Å²) >= 11 is 0. The summed E-state index contributed by atoms with van der Waals surface area (Å²) in [6, 6.07) is 5.85. The first-order chi connectivity index (χ1) is 10.4. The van der Waals surface area contributed by atoms with E-state index in [1.807, 2.05) is 45.9 Å². The highest BCUT2D eigenvalue weighted by Crippen LogP contribution is 2.18. The standard InChI is InChI=1S/C17H23N3O2/c1-10(2)19-17(22)18-8-7-14-9-13-6-5-11(3)12(4)15(13)20-16(14)21/h5-6,9-10H,7-8H2,1-4H3,(H,20,21)(H2,18,19,22). The van der Waals surface area contributed by atoms with Gasteiger partial charge in [-0.1, -0.05) is 12.1 Å². The predicted molar refractivity (Wildman–Crippen MR) is 89.4 cm³/mol. The van der Waals surface area contributed by atoms with Crippen molar-refractivity contribution in [2.75, 3.05) is 6.54 Å². The first kappa shape index (κ1) is 16.1. The van der Waals surface area contributed by atoms with Crippen molar-refractivity contribution in [2.45, 2.75) is 40.2 Å². The van der Waals surface area contributed by atoms with E-state index in [1.165, 1.54) is 0 Å². The number of benzene rings is 1. The molecule has 3 N–H and O–H groups in total. The number of pyridine rings is 1. The number of fused-ring (bicyclic) bond motifs is 1. The number of aromatic amines is 1. The van der Waals surface area contributed by atoms with Crippen LogP contribution in [0.5, 0.6) is 0 Å². The van der Waals surface area contributed by atoms with Crippen molar-refractivity contribution >= 4 is 16.9 Å². The quantitative estimate of drug-likeness (QED) is 0.811. The maximum Gasteiger partial charge on any atom is 0.314 e.